The van der Waals surface area contributed by atoms with Gasteiger partial charge in [-0.2, -0.15) is 0 Å². The second kappa shape index (κ2) is 10.7. The van der Waals surface area contributed by atoms with Crippen LogP contribution in [0.4, 0.5) is 5.69 Å². The van der Waals surface area contributed by atoms with Crippen LogP contribution in [0.25, 0.3) is 27.9 Å². The number of allylic oxidation sites excluding steroid dienone is 1. The highest BCUT2D eigenvalue weighted by Crippen LogP contribution is 2.33. The largest absolute Gasteiger partial charge is 0.490 e. The lowest BCUT2D eigenvalue weighted by Gasteiger charge is -2.15. The number of hydrogen-bond acceptors (Lipinski definition) is 4. The van der Waals surface area contributed by atoms with Crippen LogP contribution < -0.4 is 10.1 Å². The van der Waals surface area contributed by atoms with E-state index in [9.17, 15) is 9.90 Å². The van der Waals surface area contributed by atoms with Crippen molar-refractivity contribution in [2.45, 2.75) is 6.10 Å². The van der Waals surface area contributed by atoms with E-state index in [0.29, 0.717) is 17.1 Å². The van der Waals surface area contributed by atoms with Gasteiger partial charge in [0.25, 0.3) is 0 Å². The van der Waals surface area contributed by atoms with Crippen LogP contribution in [-0.4, -0.2) is 35.1 Å². The fraction of sp³-hybridized carbons (Fsp3) is 0.100. The lowest BCUT2D eigenvalue weighted by Crippen LogP contribution is -2.26. The molecule has 0 saturated carbocycles. The Bertz CT molecular complexity index is 1520. The number of aromatic amines is 1. The summed E-state index contributed by atoms with van der Waals surface area (Å²) in [5.74, 6) is 0.648. The molecular formula is C30H25ClN2O3. The summed E-state index contributed by atoms with van der Waals surface area (Å²) in [4.78, 5) is 15.8. The van der Waals surface area contributed by atoms with Gasteiger partial charge in [0.2, 0.25) is 0 Å². The molecule has 180 valence electrons. The minimum absolute atomic E-state index is 0.0867. The van der Waals surface area contributed by atoms with Gasteiger partial charge in [0.1, 0.15) is 18.5 Å². The van der Waals surface area contributed by atoms with Gasteiger partial charge in [0.15, 0.2) is 5.78 Å². The maximum Gasteiger partial charge on any atom is 0.185 e. The van der Waals surface area contributed by atoms with Crippen LogP contribution in [0.5, 0.6) is 5.75 Å². The predicted octanol–water partition coefficient (Wildman–Crippen LogP) is 6.72. The molecule has 1 unspecified atom stereocenters. The Hall–Kier alpha value is -4.06. The molecule has 5 aromatic rings. The number of anilines is 1. The number of hydrogen-bond donors (Lipinski definition) is 3. The highest BCUT2D eigenvalue weighted by Gasteiger charge is 2.12. The number of aromatic nitrogens is 1. The van der Waals surface area contributed by atoms with E-state index < -0.39 is 6.10 Å². The number of halogens is 1. The van der Waals surface area contributed by atoms with Gasteiger partial charge in [-0.25, -0.2) is 0 Å². The summed E-state index contributed by atoms with van der Waals surface area (Å²) in [5.41, 5.74) is 4.35. The Morgan fingerprint density at radius 2 is 1.69 bits per heavy atom. The standard InChI is InChI=1S/C30H25ClN2O3/c31-22-13-8-20(9-14-22)10-17-28(35)21-11-15-23(16-12-21)32-18-24(34)19-36-29-7-3-6-27-30(29)25-4-1-2-5-26(25)33-27/h1-17,24,32-34H,18-19H2/b17-10+. The number of H-pyrrole nitrogens is 1. The van der Waals surface area contributed by atoms with E-state index in [1.54, 1.807) is 36.4 Å². The van der Waals surface area contributed by atoms with Crippen LogP contribution in [0, 0.1) is 0 Å². The Labute approximate surface area is 214 Å². The zero-order valence-corrected chi connectivity index (χ0v) is 20.2. The van der Waals surface area contributed by atoms with Crippen molar-refractivity contribution in [3.8, 4) is 5.75 Å². The van der Waals surface area contributed by atoms with E-state index in [-0.39, 0.29) is 12.4 Å². The summed E-state index contributed by atoms with van der Waals surface area (Å²) in [5, 5.41) is 16.4. The third-order valence-corrected chi connectivity index (χ3v) is 6.18. The molecular weight excluding hydrogens is 472 g/mol. The topological polar surface area (TPSA) is 74.3 Å². The number of fused-ring (bicyclic) bond motifs is 3. The number of benzene rings is 4. The van der Waals surface area contributed by atoms with Crippen molar-refractivity contribution < 1.29 is 14.6 Å². The van der Waals surface area contributed by atoms with E-state index in [0.717, 1.165) is 38.8 Å². The summed E-state index contributed by atoms with van der Waals surface area (Å²) in [7, 11) is 0. The molecule has 5 nitrogen and oxygen atoms in total. The third kappa shape index (κ3) is 5.43. The maximum absolute atomic E-state index is 12.4. The zero-order valence-electron chi connectivity index (χ0n) is 19.4. The van der Waals surface area contributed by atoms with Gasteiger partial charge in [-0.3, -0.25) is 4.79 Å². The van der Waals surface area contributed by atoms with Gasteiger partial charge in [0, 0.05) is 39.1 Å². The molecule has 36 heavy (non-hydrogen) atoms. The fourth-order valence-electron chi connectivity index (χ4n) is 4.06. The van der Waals surface area contributed by atoms with Crippen molar-refractivity contribution >= 4 is 51.0 Å². The predicted molar refractivity (Wildman–Crippen MR) is 147 cm³/mol. The Balaban J connectivity index is 1.15. The van der Waals surface area contributed by atoms with Crippen molar-refractivity contribution in [2.75, 3.05) is 18.5 Å². The number of para-hydroxylation sites is 1. The number of rotatable bonds is 9. The first-order chi connectivity index (χ1) is 17.6. The molecule has 6 heteroatoms. The van der Waals surface area contributed by atoms with Crippen LogP contribution >= 0.6 is 11.6 Å². The highest BCUT2D eigenvalue weighted by molar-refractivity contribution is 6.30. The van der Waals surface area contributed by atoms with Crippen molar-refractivity contribution in [1.29, 1.82) is 0 Å². The lowest BCUT2D eigenvalue weighted by atomic mass is 10.1. The van der Waals surface area contributed by atoms with Crippen molar-refractivity contribution in [2.24, 2.45) is 0 Å². The van der Waals surface area contributed by atoms with Crippen molar-refractivity contribution in [3.05, 3.63) is 113 Å². The molecule has 0 bridgehead atoms. The van der Waals surface area contributed by atoms with Crippen LogP contribution in [0.1, 0.15) is 15.9 Å². The number of carbonyl (C=O) groups is 1. The molecule has 0 fully saturated rings. The lowest BCUT2D eigenvalue weighted by molar-refractivity contribution is 0.104. The quantitative estimate of drug-likeness (QED) is 0.156. The summed E-state index contributed by atoms with van der Waals surface area (Å²) in [6, 6.07) is 28.4. The first-order valence-corrected chi connectivity index (χ1v) is 12.1. The fourth-order valence-corrected chi connectivity index (χ4v) is 4.19. The molecule has 0 aliphatic rings. The average Bonchev–Trinajstić information content (AvgIpc) is 3.30. The van der Waals surface area contributed by atoms with E-state index in [2.05, 4.69) is 16.4 Å². The van der Waals surface area contributed by atoms with Crippen LogP contribution in [-0.2, 0) is 0 Å². The van der Waals surface area contributed by atoms with Gasteiger partial charge in [0.05, 0.1) is 5.52 Å². The molecule has 1 heterocycles. The van der Waals surface area contributed by atoms with Gasteiger partial charge in [-0.1, -0.05) is 54.1 Å². The molecule has 0 radical (unpaired) electrons. The molecule has 0 amide bonds. The van der Waals surface area contributed by atoms with Crippen molar-refractivity contribution in [1.82, 2.24) is 4.98 Å². The van der Waals surface area contributed by atoms with Gasteiger partial charge in [-0.15, -0.1) is 0 Å². The molecule has 1 atom stereocenters. The van der Waals surface area contributed by atoms with Crippen molar-refractivity contribution in [3.63, 3.8) is 0 Å². The number of aliphatic hydroxyl groups excluding tert-OH is 1. The van der Waals surface area contributed by atoms with E-state index in [4.69, 9.17) is 16.3 Å². The number of nitrogens with one attached hydrogen (secondary N) is 2. The number of ketones is 1. The van der Waals surface area contributed by atoms with Gasteiger partial charge < -0.3 is 20.1 Å². The smallest absolute Gasteiger partial charge is 0.185 e. The second-order valence-corrected chi connectivity index (χ2v) is 8.96. The molecule has 0 saturated heterocycles. The van der Waals surface area contributed by atoms with E-state index >= 15 is 0 Å². The SMILES string of the molecule is O=C(/C=C/c1ccc(Cl)cc1)c1ccc(NCC(O)COc2cccc3[nH]c4ccccc4c23)cc1. The summed E-state index contributed by atoms with van der Waals surface area (Å²) in [6.07, 6.45) is 2.59. The Morgan fingerprint density at radius 3 is 2.50 bits per heavy atom. The van der Waals surface area contributed by atoms with Crippen LogP contribution in [0.15, 0.2) is 97.1 Å². The van der Waals surface area contributed by atoms with E-state index in [1.807, 2.05) is 60.7 Å². The summed E-state index contributed by atoms with van der Waals surface area (Å²) >= 11 is 5.89. The normalized spacial score (nSPS) is 12.3. The third-order valence-electron chi connectivity index (χ3n) is 5.93. The van der Waals surface area contributed by atoms with Gasteiger partial charge >= 0.3 is 0 Å². The number of carbonyl (C=O) groups excluding carboxylic acids is 1. The molecule has 1 aromatic heterocycles. The Morgan fingerprint density at radius 1 is 0.944 bits per heavy atom. The van der Waals surface area contributed by atoms with Gasteiger partial charge in [-0.05, 0) is 66.2 Å². The zero-order chi connectivity index (χ0) is 24.9. The maximum atomic E-state index is 12.4. The molecule has 0 aliphatic heterocycles. The number of ether oxygens (including phenoxy) is 1. The molecule has 3 N–H and O–H groups in total. The molecule has 0 spiro atoms. The minimum Gasteiger partial charge on any atom is -0.490 e. The molecule has 4 aromatic carbocycles. The first-order valence-electron chi connectivity index (χ1n) is 11.7. The average molecular weight is 497 g/mol. The highest BCUT2D eigenvalue weighted by atomic mass is 35.5. The summed E-state index contributed by atoms with van der Waals surface area (Å²) < 4.78 is 5.99. The van der Waals surface area contributed by atoms with Crippen LogP contribution in [0.2, 0.25) is 5.02 Å². The second-order valence-electron chi connectivity index (χ2n) is 8.52. The summed E-state index contributed by atoms with van der Waals surface area (Å²) in [6.45, 7) is 0.464. The first kappa shape index (κ1) is 23.7. The monoisotopic (exact) mass is 496 g/mol. The van der Waals surface area contributed by atoms with E-state index in [1.165, 1.54) is 0 Å². The van der Waals surface area contributed by atoms with Crippen LogP contribution in [0.3, 0.4) is 0 Å². The number of aliphatic hydroxyl groups is 1. The molecule has 0 aliphatic carbocycles. The molecule has 5 rings (SSSR count). The Kier molecular flexibility index (Phi) is 7.03. The minimum atomic E-state index is -0.714.